The highest BCUT2D eigenvalue weighted by Crippen LogP contribution is 2.09. The topological polar surface area (TPSA) is 76.8 Å². The number of aromatic amines is 1. The number of methoxy groups -OCH3 is 1. The molecule has 0 aliphatic carbocycles. The average Bonchev–Trinajstić information content (AvgIpc) is 2.55. The molecule has 0 fully saturated rings. The third-order valence-electron chi connectivity index (χ3n) is 1.67. The van der Waals surface area contributed by atoms with Crippen LogP contribution in [0, 0.1) is 0 Å². The Balaban J connectivity index is 2.72. The van der Waals surface area contributed by atoms with Crippen LogP contribution in [0.5, 0.6) is 0 Å². The van der Waals surface area contributed by atoms with Gasteiger partial charge in [0.1, 0.15) is 11.9 Å². The molecule has 0 aromatic carbocycles. The molecule has 1 rings (SSSR count). The predicted octanol–water partition coefficient (Wildman–Crippen LogP) is 0.0133. The lowest BCUT2D eigenvalue weighted by Crippen LogP contribution is -2.15. The molecule has 0 aliphatic rings. The standard InChI is InChI=1S/C7H14N4O/c1-3-6-9-7(11-10-6)5(4-8)12-2/h5H,3-4,8H2,1-2H3,(H,9,10,11). The van der Waals surface area contributed by atoms with Gasteiger partial charge in [-0.1, -0.05) is 6.92 Å². The van der Waals surface area contributed by atoms with Crippen molar-refractivity contribution in [3.05, 3.63) is 11.6 Å². The van der Waals surface area contributed by atoms with Gasteiger partial charge in [-0.3, -0.25) is 5.10 Å². The van der Waals surface area contributed by atoms with Crippen molar-refractivity contribution >= 4 is 0 Å². The van der Waals surface area contributed by atoms with Crippen LogP contribution in [0.15, 0.2) is 0 Å². The lowest BCUT2D eigenvalue weighted by molar-refractivity contribution is 0.103. The summed E-state index contributed by atoms with van der Waals surface area (Å²) in [5.41, 5.74) is 5.45. The summed E-state index contributed by atoms with van der Waals surface area (Å²) in [4.78, 5) is 4.20. The molecule has 68 valence electrons. The fraction of sp³-hybridized carbons (Fsp3) is 0.714. The van der Waals surface area contributed by atoms with Gasteiger partial charge in [0.2, 0.25) is 0 Å². The normalized spacial score (nSPS) is 13.2. The van der Waals surface area contributed by atoms with E-state index in [-0.39, 0.29) is 6.10 Å². The highest BCUT2D eigenvalue weighted by molar-refractivity contribution is 4.94. The number of nitrogens with two attached hydrogens (primary N) is 1. The maximum atomic E-state index is 5.45. The fourth-order valence-electron chi connectivity index (χ4n) is 0.919. The summed E-state index contributed by atoms with van der Waals surface area (Å²) in [5.74, 6) is 1.50. The van der Waals surface area contributed by atoms with Crippen molar-refractivity contribution in [3.8, 4) is 0 Å². The first-order valence-electron chi connectivity index (χ1n) is 3.95. The van der Waals surface area contributed by atoms with E-state index < -0.39 is 0 Å². The average molecular weight is 170 g/mol. The molecule has 3 N–H and O–H groups in total. The zero-order chi connectivity index (χ0) is 8.97. The number of hydrogen-bond acceptors (Lipinski definition) is 4. The monoisotopic (exact) mass is 170 g/mol. The van der Waals surface area contributed by atoms with Crippen LogP contribution in [0.2, 0.25) is 0 Å². The molecule has 1 heterocycles. The number of aryl methyl sites for hydroxylation is 1. The molecule has 12 heavy (non-hydrogen) atoms. The number of nitrogens with zero attached hydrogens (tertiary/aromatic N) is 2. The Morgan fingerprint density at radius 2 is 2.42 bits per heavy atom. The van der Waals surface area contributed by atoms with Gasteiger partial charge in [0.15, 0.2) is 5.82 Å². The smallest absolute Gasteiger partial charge is 0.180 e. The summed E-state index contributed by atoms with van der Waals surface area (Å²) in [5, 5.41) is 6.80. The molecule has 0 saturated heterocycles. The van der Waals surface area contributed by atoms with E-state index in [1.807, 2.05) is 6.92 Å². The number of rotatable bonds is 4. The Bertz CT molecular complexity index is 231. The van der Waals surface area contributed by atoms with E-state index in [1.165, 1.54) is 0 Å². The van der Waals surface area contributed by atoms with Gasteiger partial charge in [-0.15, -0.1) is 0 Å². The molecule has 0 aliphatic heterocycles. The SMILES string of the molecule is CCc1nc(C(CN)OC)n[nH]1. The lowest BCUT2D eigenvalue weighted by atomic mass is 10.3. The summed E-state index contributed by atoms with van der Waals surface area (Å²) >= 11 is 0. The summed E-state index contributed by atoms with van der Waals surface area (Å²) in [6.45, 7) is 2.41. The molecule has 1 aromatic heterocycles. The third-order valence-corrected chi connectivity index (χ3v) is 1.67. The van der Waals surface area contributed by atoms with E-state index in [0.717, 1.165) is 12.2 Å². The highest BCUT2D eigenvalue weighted by atomic mass is 16.5. The largest absolute Gasteiger partial charge is 0.372 e. The van der Waals surface area contributed by atoms with Gasteiger partial charge in [-0.25, -0.2) is 4.98 Å². The Morgan fingerprint density at radius 1 is 1.67 bits per heavy atom. The minimum Gasteiger partial charge on any atom is -0.372 e. The minimum atomic E-state index is -0.193. The molecule has 5 heteroatoms. The number of aromatic nitrogens is 3. The molecule has 0 saturated carbocycles. The quantitative estimate of drug-likeness (QED) is 0.667. The first-order chi connectivity index (χ1) is 5.81. The van der Waals surface area contributed by atoms with Gasteiger partial charge >= 0.3 is 0 Å². The van der Waals surface area contributed by atoms with Crippen LogP contribution in [-0.2, 0) is 11.2 Å². The van der Waals surface area contributed by atoms with Crippen molar-refractivity contribution < 1.29 is 4.74 Å². The van der Waals surface area contributed by atoms with E-state index in [1.54, 1.807) is 7.11 Å². The van der Waals surface area contributed by atoms with E-state index >= 15 is 0 Å². The van der Waals surface area contributed by atoms with Crippen LogP contribution in [0.1, 0.15) is 24.7 Å². The van der Waals surface area contributed by atoms with Gasteiger partial charge in [0.05, 0.1) is 0 Å². The van der Waals surface area contributed by atoms with Crippen molar-refractivity contribution in [1.82, 2.24) is 15.2 Å². The van der Waals surface area contributed by atoms with Crippen LogP contribution in [0.25, 0.3) is 0 Å². The fourth-order valence-corrected chi connectivity index (χ4v) is 0.919. The highest BCUT2D eigenvalue weighted by Gasteiger charge is 2.12. The van der Waals surface area contributed by atoms with E-state index in [2.05, 4.69) is 15.2 Å². The zero-order valence-corrected chi connectivity index (χ0v) is 7.37. The van der Waals surface area contributed by atoms with E-state index in [4.69, 9.17) is 10.5 Å². The maximum absolute atomic E-state index is 5.45. The van der Waals surface area contributed by atoms with Crippen molar-refractivity contribution in [1.29, 1.82) is 0 Å². The van der Waals surface area contributed by atoms with E-state index in [9.17, 15) is 0 Å². The third kappa shape index (κ3) is 1.80. The number of nitrogens with one attached hydrogen (secondary N) is 1. The van der Waals surface area contributed by atoms with Gasteiger partial charge in [0, 0.05) is 20.1 Å². The van der Waals surface area contributed by atoms with Crippen molar-refractivity contribution in [2.45, 2.75) is 19.4 Å². The second-order valence-corrected chi connectivity index (χ2v) is 2.45. The first-order valence-corrected chi connectivity index (χ1v) is 3.95. The minimum absolute atomic E-state index is 0.193. The molecule has 1 unspecified atom stereocenters. The van der Waals surface area contributed by atoms with Crippen molar-refractivity contribution in [3.63, 3.8) is 0 Å². The summed E-state index contributed by atoms with van der Waals surface area (Å²) in [7, 11) is 1.60. The maximum Gasteiger partial charge on any atom is 0.180 e. The Hall–Kier alpha value is -0.940. The lowest BCUT2D eigenvalue weighted by Gasteiger charge is -2.06. The Morgan fingerprint density at radius 3 is 2.83 bits per heavy atom. The Kier molecular flexibility index (Phi) is 3.19. The number of H-pyrrole nitrogens is 1. The van der Waals surface area contributed by atoms with Crippen LogP contribution < -0.4 is 5.73 Å². The van der Waals surface area contributed by atoms with Gasteiger partial charge in [-0.2, -0.15) is 5.10 Å². The number of hydrogen-bond donors (Lipinski definition) is 2. The zero-order valence-electron chi connectivity index (χ0n) is 7.37. The van der Waals surface area contributed by atoms with Gasteiger partial charge in [0.25, 0.3) is 0 Å². The molecule has 0 amide bonds. The van der Waals surface area contributed by atoms with Crippen LogP contribution >= 0.6 is 0 Å². The Labute approximate surface area is 71.3 Å². The second-order valence-electron chi connectivity index (χ2n) is 2.45. The molecular weight excluding hydrogens is 156 g/mol. The number of ether oxygens (including phenoxy) is 1. The molecule has 0 bridgehead atoms. The summed E-state index contributed by atoms with van der Waals surface area (Å²) < 4.78 is 5.07. The molecule has 1 aromatic rings. The molecule has 0 spiro atoms. The van der Waals surface area contributed by atoms with Crippen molar-refractivity contribution in [2.24, 2.45) is 5.73 Å². The molecule has 0 radical (unpaired) electrons. The van der Waals surface area contributed by atoms with Gasteiger partial charge in [-0.05, 0) is 0 Å². The second kappa shape index (κ2) is 4.18. The first kappa shape index (κ1) is 9.15. The van der Waals surface area contributed by atoms with Gasteiger partial charge < -0.3 is 10.5 Å². The molecular formula is C7H14N4O. The van der Waals surface area contributed by atoms with Crippen LogP contribution in [0.4, 0.5) is 0 Å². The van der Waals surface area contributed by atoms with Crippen LogP contribution in [-0.4, -0.2) is 28.8 Å². The summed E-state index contributed by atoms with van der Waals surface area (Å²) in [6.07, 6.45) is 0.648. The molecule has 5 nitrogen and oxygen atoms in total. The molecule has 1 atom stereocenters. The summed E-state index contributed by atoms with van der Waals surface area (Å²) in [6, 6.07) is 0. The van der Waals surface area contributed by atoms with Crippen molar-refractivity contribution in [2.75, 3.05) is 13.7 Å². The predicted molar refractivity (Wildman–Crippen MR) is 44.6 cm³/mol. The van der Waals surface area contributed by atoms with Crippen LogP contribution in [0.3, 0.4) is 0 Å². The van der Waals surface area contributed by atoms with E-state index in [0.29, 0.717) is 12.4 Å².